The van der Waals surface area contributed by atoms with Gasteiger partial charge in [-0.25, -0.2) is 4.68 Å². The number of rotatable bonds is 5. The van der Waals surface area contributed by atoms with Crippen molar-refractivity contribution in [3.05, 3.63) is 76.6 Å². The predicted molar refractivity (Wildman–Crippen MR) is 90.5 cm³/mol. The first-order valence-corrected chi connectivity index (χ1v) is 7.74. The summed E-state index contributed by atoms with van der Waals surface area (Å²) in [5.74, 6) is 0.842. The summed E-state index contributed by atoms with van der Waals surface area (Å²) in [6.07, 6.45) is 0. The molecule has 0 saturated heterocycles. The molecule has 120 valence electrons. The van der Waals surface area contributed by atoms with E-state index in [1.54, 1.807) is 4.68 Å². The van der Waals surface area contributed by atoms with Crippen LogP contribution in [0.3, 0.4) is 0 Å². The van der Waals surface area contributed by atoms with E-state index >= 15 is 0 Å². The second-order valence-electron chi connectivity index (χ2n) is 5.65. The first-order chi connectivity index (χ1) is 11.7. The van der Waals surface area contributed by atoms with Gasteiger partial charge in [0.1, 0.15) is 24.1 Å². The normalized spacial score (nSPS) is 10.4. The molecule has 0 unspecified atom stereocenters. The topological polar surface area (TPSA) is 63.7 Å². The minimum Gasteiger partial charge on any atom is -0.487 e. The maximum Gasteiger partial charge on any atom is 0.189 e. The van der Waals surface area contributed by atoms with E-state index in [0.717, 1.165) is 22.4 Å². The van der Waals surface area contributed by atoms with E-state index < -0.39 is 0 Å². The van der Waals surface area contributed by atoms with Crippen molar-refractivity contribution in [1.82, 2.24) is 15.0 Å². The Morgan fingerprint density at radius 2 is 1.75 bits per heavy atom. The van der Waals surface area contributed by atoms with Crippen LogP contribution in [-0.2, 0) is 13.2 Å². The number of aromatic nitrogens is 3. The zero-order valence-electron chi connectivity index (χ0n) is 13.7. The van der Waals surface area contributed by atoms with Crippen molar-refractivity contribution in [3.8, 4) is 11.8 Å². The largest absolute Gasteiger partial charge is 0.487 e. The van der Waals surface area contributed by atoms with E-state index in [0.29, 0.717) is 17.9 Å². The second kappa shape index (κ2) is 6.97. The van der Waals surface area contributed by atoms with Crippen molar-refractivity contribution in [3.63, 3.8) is 0 Å². The fourth-order valence-electron chi connectivity index (χ4n) is 2.61. The monoisotopic (exact) mass is 318 g/mol. The van der Waals surface area contributed by atoms with Gasteiger partial charge in [0.25, 0.3) is 0 Å². The van der Waals surface area contributed by atoms with Gasteiger partial charge in [-0.05, 0) is 30.5 Å². The fourth-order valence-corrected chi connectivity index (χ4v) is 2.61. The number of hydrogen-bond donors (Lipinski definition) is 0. The first-order valence-electron chi connectivity index (χ1n) is 7.74. The molecule has 24 heavy (non-hydrogen) atoms. The van der Waals surface area contributed by atoms with Crippen LogP contribution in [0.25, 0.3) is 0 Å². The number of para-hydroxylation sites is 1. The number of aryl methyl sites for hydroxylation is 2. The van der Waals surface area contributed by atoms with Crippen molar-refractivity contribution < 1.29 is 4.74 Å². The second-order valence-corrected chi connectivity index (χ2v) is 5.65. The molecule has 0 atom stereocenters. The molecule has 0 aliphatic rings. The average Bonchev–Trinajstić information content (AvgIpc) is 2.97. The van der Waals surface area contributed by atoms with E-state index in [9.17, 15) is 5.26 Å². The van der Waals surface area contributed by atoms with E-state index in [1.807, 2.05) is 62.4 Å². The van der Waals surface area contributed by atoms with Crippen molar-refractivity contribution >= 4 is 0 Å². The van der Waals surface area contributed by atoms with E-state index in [4.69, 9.17) is 4.74 Å². The van der Waals surface area contributed by atoms with Crippen molar-refractivity contribution in [2.45, 2.75) is 27.0 Å². The lowest BCUT2D eigenvalue weighted by Gasteiger charge is -2.13. The molecule has 0 saturated carbocycles. The van der Waals surface area contributed by atoms with Crippen molar-refractivity contribution in [1.29, 1.82) is 5.26 Å². The molecule has 0 radical (unpaired) electrons. The predicted octanol–water partition coefficient (Wildman–Crippen LogP) is 3.39. The molecule has 1 heterocycles. The third kappa shape index (κ3) is 3.28. The maximum atomic E-state index is 9.28. The minimum absolute atomic E-state index is 0.258. The highest BCUT2D eigenvalue weighted by Gasteiger charge is 2.15. The summed E-state index contributed by atoms with van der Waals surface area (Å²) in [5, 5.41) is 17.3. The highest BCUT2D eigenvalue weighted by molar-refractivity contribution is 5.40. The van der Waals surface area contributed by atoms with Crippen molar-refractivity contribution in [2.75, 3.05) is 0 Å². The molecular weight excluding hydrogens is 300 g/mol. The van der Waals surface area contributed by atoms with Gasteiger partial charge >= 0.3 is 0 Å². The SMILES string of the molecule is Cc1cccc(C)c1OCc1c(C#N)nnn1Cc1ccccc1. The third-order valence-electron chi connectivity index (χ3n) is 3.88. The van der Waals surface area contributed by atoms with Crippen LogP contribution in [0.2, 0.25) is 0 Å². The molecule has 3 aromatic rings. The van der Waals surface area contributed by atoms with Crippen LogP contribution in [0.4, 0.5) is 0 Å². The Kier molecular flexibility index (Phi) is 4.57. The van der Waals surface area contributed by atoms with Crippen LogP contribution in [0, 0.1) is 25.2 Å². The summed E-state index contributed by atoms with van der Waals surface area (Å²) in [6.45, 7) is 4.83. The molecular formula is C19H18N4O. The number of nitrogens with zero attached hydrogens (tertiary/aromatic N) is 4. The third-order valence-corrected chi connectivity index (χ3v) is 3.88. The molecule has 2 aromatic carbocycles. The zero-order chi connectivity index (χ0) is 16.9. The van der Waals surface area contributed by atoms with Gasteiger partial charge in [0.05, 0.1) is 6.54 Å². The van der Waals surface area contributed by atoms with E-state index in [1.165, 1.54) is 0 Å². The Bertz CT molecular complexity index is 858. The molecule has 0 aliphatic carbocycles. The van der Waals surface area contributed by atoms with E-state index in [2.05, 4.69) is 16.4 Å². The number of ether oxygens (including phenoxy) is 1. The summed E-state index contributed by atoms with van der Waals surface area (Å²) < 4.78 is 7.70. The van der Waals surface area contributed by atoms with Gasteiger partial charge in [0, 0.05) is 0 Å². The summed E-state index contributed by atoms with van der Waals surface area (Å²) in [6, 6.07) is 18.1. The average molecular weight is 318 g/mol. The molecule has 5 heteroatoms. The summed E-state index contributed by atoms with van der Waals surface area (Å²) >= 11 is 0. The Labute approximate surface area is 141 Å². The molecule has 3 rings (SSSR count). The Morgan fingerprint density at radius 3 is 2.42 bits per heavy atom. The standard InChI is InChI=1S/C19H18N4O/c1-14-7-6-8-15(2)19(14)24-13-18-17(11-20)21-22-23(18)12-16-9-4-3-5-10-16/h3-10H,12-13H2,1-2H3. The smallest absolute Gasteiger partial charge is 0.189 e. The van der Waals surface area contributed by atoms with Gasteiger partial charge in [-0.2, -0.15) is 5.26 Å². The summed E-state index contributed by atoms with van der Waals surface area (Å²) in [5.41, 5.74) is 4.22. The summed E-state index contributed by atoms with van der Waals surface area (Å²) in [4.78, 5) is 0. The Hall–Kier alpha value is -3.13. The van der Waals surface area contributed by atoms with Gasteiger partial charge in [-0.3, -0.25) is 0 Å². The lowest BCUT2D eigenvalue weighted by molar-refractivity contribution is 0.289. The molecule has 0 aliphatic heterocycles. The number of nitriles is 1. The van der Waals surface area contributed by atoms with Crippen LogP contribution in [0.5, 0.6) is 5.75 Å². The highest BCUT2D eigenvalue weighted by atomic mass is 16.5. The van der Waals surface area contributed by atoms with Gasteiger partial charge < -0.3 is 4.74 Å². The minimum atomic E-state index is 0.258. The number of benzene rings is 2. The van der Waals surface area contributed by atoms with Crippen LogP contribution in [0.1, 0.15) is 28.1 Å². The Balaban J connectivity index is 1.85. The zero-order valence-corrected chi connectivity index (χ0v) is 13.7. The molecule has 5 nitrogen and oxygen atoms in total. The maximum absolute atomic E-state index is 9.28. The van der Waals surface area contributed by atoms with Gasteiger partial charge in [-0.1, -0.05) is 53.7 Å². The van der Waals surface area contributed by atoms with E-state index in [-0.39, 0.29) is 6.61 Å². The van der Waals surface area contributed by atoms with Crippen LogP contribution < -0.4 is 4.74 Å². The Morgan fingerprint density at radius 1 is 1.04 bits per heavy atom. The molecule has 1 aromatic heterocycles. The summed E-state index contributed by atoms with van der Waals surface area (Å²) in [7, 11) is 0. The molecule has 0 fully saturated rings. The van der Waals surface area contributed by atoms with Gasteiger partial charge in [0.2, 0.25) is 0 Å². The van der Waals surface area contributed by atoms with Crippen LogP contribution in [-0.4, -0.2) is 15.0 Å². The number of hydrogen-bond acceptors (Lipinski definition) is 4. The van der Waals surface area contributed by atoms with Crippen LogP contribution in [0.15, 0.2) is 48.5 Å². The van der Waals surface area contributed by atoms with Crippen LogP contribution >= 0.6 is 0 Å². The molecule has 0 N–H and O–H groups in total. The fraction of sp³-hybridized carbons (Fsp3) is 0.211. The molecule has 0 bridgehead atoms. The van der Waals surface area contributed by atoms with Gasteiger partial charge in [0.15, 0.2) is 5.69 Å². The van der Waals surface area contributed by atoms with Crippen molar-refractivity contribution in [2.24, 2.45) is 0 Å². The lowest BCUT2D eigenvalue weighted by atomic mass is 10.1. The first kappa shape index (κ1) is 15.8. The molecule has 0 amide bonds. The lowest BCUT2D eigenvalue weighted by Crippen LogP contribution is -2.10. The highest BCUT2D eigenvalue weighted by Crippen LogP contribution is 2.23. The molecule has 0 spiro atoms. The van der Waals surface area contributed by atoms with Gasteiger partial charge in [-0.15, -0.1) is 5.10 Å². The quantitative estimate of drug-likeness (QED) is 0.723.